The summed E-state index contributed by atoms with van der Waals surface area (Å²) in [6.07, 6.45) is -1.10. The molecule has 23 heavy (non-hydrogen) atoms. The SMILES string of the molecule is O=C1CCC(F)(N2C(=O)c3cccc([N+](=O)[O-])c3C2=O)C(=O)N1. The second kappa shape index (κ2) is 4.66. The van der Waals surface area contributed by atoms with E-state index >= 15 is 0 Å². The maximum atomic E-state index is 15.0. The van der Waals surface area contributed by atoms with Crippen LogP contribution in [0.15, 0.2) is 18.2 Å². The monoisotopic (exact) mass is 321 g/mol. The van der Waals surface area contributed by atoms with Crippen molar-refractivity contribution in [1.82, 2.24) is 10.2 Å². The van der Waals surface area contributed by atoms with Crippen molar-refractivity contribution >= 4 is 29.3 Å². The number of piperidine rings is 1. The summed E-state index contributed by atoms with van der Waals surface area (Å²) < 4.78 is 15.0. The van der Waals surface area contributed by atoms with E-state index in [-0.39, 0.29) is 10.5 Å². The van der Waals surface area contributed by atoms with Gasteiger partial charge < -0.3 is 0 Å². The minimum absolute atomic E-state index is 0.0481. The van der Waals surface area contributed by atoms with Crippen LogP contribution >= 0.6 is 0 Å². The zero-order valence-corrected chi connectivity index (χ0v) is 11.4. The maximum Gasteiger partial charge on any atom is 0.285 e. The highest BCUT2D eigenvalue weighted by Crippen LogP contribution is 2.38. The molecule has 2 aliphatic rings. The number of hydrogen-bond acceptors (Lipinski definition) is 6. The van der Waals surface area contributed by atoms with Crippen molar-refractivity contribution in [2.75, 3.05) is 0 Å². The molecule has 1 atom stereocenters. The van der Waals surface area contributed by atoms with Gasteiger partial charge in [0.05, 0.1) is 10.5 Å². The minimum atomic E-state index is -3.06. The number of nitrogens with zero attached hydrogens (tertiary/aromatic N) is 2. The summed E-state index contributed by atoms with van der Waals surface area (Å²) in [4.78, 5) is 57.7. The molecule has 0 aromatic heterocycles. The van der Waals surface area contributed by atoms with Crippen molar-refractivity contribution in [2.45, 2.75) is 18.6 Å². The summed E-state index contributed by atoms with van der Waals surface area (Å²) in [5.41, 5.74) is -1.57. The Hall–Kier alpha value is -3.17. The van der Waals surface area contributed by atoms with Crippen LogP contribution in [-0.2, 0) is 9.59 Å². The fourth-order valence-corrected chi connectivity index (χ4v) is 2.63. The molecule has 1 N–H and O–H groups in total. The highest BCUT2D eigenvalue weighted by molar-refractivity contribution is 6.25. The average molecular weight is 321 g/mol. The Morgan fingerprint density at radius 1 is 1.22 bits per heavy atom. The molecule has 2 aliphatic heterocycles. The zero-order valence-electron chi connectivity index (χ0n) is 11.4. The number of rotatable bonds is 2. The number of nitro groups is 1. The van der Waals surface area contributed by atoms with Crippen LogP contribution in [0.2, 0.25) is 0 Å². The summed E-state index contributed by atoms with van der Waals surface area (Å²) in [6, 6.07) is 3.32. The van der Waals surface area contributed by atoms with Gasteiger partial charge in [0, 0.05) is 18.9 Å². The molecule has 0 bridgehead atoms. The van der Waals surface area contributed by atoms with Crippen LogP contribution in [0.5, 0.6) is 0 Å². The van der Waals surface area contributed by atoms with Crippen LogP contribution in [0.25, 0.3) is 0 Å². The second-order valence-corrected chi connectivity index (χ2v) is 5.04. The van der Waals surface area contributed by atoms with Gasteiger partial charge in [0.1, 0.15) is 5.56 Å². The molecule has 118 valence electrons. The van der Waals surface area contributed by atoms with Gasteiger partial charge in [0.2, 0.25) is 5.91 Å². The first-order valence-corrected chi connectivity index (χ1v) is 6.47. The Labute approximate surface area is 127 Å². The fourth-order valence-electron chi connectivity index (χ4n) is 2.63. The van der Waals surface area contributed by atoms with Crippen LogP contribution in [0, 0.1) is 10.1 Å². The number of carbonyl (C=O) groups excluding carboxylic acids is 4. The maximum absolute atomic E-state index is 15.0. The van der Waals surface area contributed by atoms with Gasteiger partial charge in [-0.15, -0.1) is 0 Å². The average Bonchev–Trinajstić information content (AvgIpc) is 2.76. The van der Waals surface area contributed by atoms with Gasteiger partial charge in [-0.2, -0.15) is 0 Å². The number of alkyl halides is 1. The van der Waals surface area contributed by atoms with Gasteiger partial charge in [-0.1, -0.05) is 6.07 Å². The van der Waals surface area contributed by atoms with Crippen LogP contribution < -0.4 is 5.32 Å². The number of fused-ring (bicyclic) bond motifs is 1. The minimum Gasteiger partial charge on any atom is -0.292 e. The Morgan fingerprint density at radius 2 is 1.91 bits per heavy atom. The molecule has 9 nitrogen and oxygen atoms in total. The van der Waals surface area contributed by atoms with E-state index < -0.39 is 58.4 Å². The van der Waals surface area contributed by atoms with E-state index in [1.165, 1.54) is 6.07 Å². The number of hydrogen-bond donors (Lipinski definition) is 1. The molecule has 1 aromatic rings. The highest BCUT2D eigenvalue weighted by atomic mass is 19.1. The zero-order chi connectivity index (χ0) is 16.9. The van der Waals surface area contributed by atoms with Crippen molar-refractivity contribution in [2.24, 2.45) is 0 Å². The lowest BCUT2D eigenvalue weighted by Gasteiger charge is -2.33. The first kappa shape index (κ1) is 14.8. The van der Waals surface area contributed by atoms with Crippen LogP contribution in [0.4, 0.5) is 10.1 Å². The third-order valence-electron chi connectivity index (χ3n) is 3.73. The number of carbonyl (C=O) groups is 4. The van der Waals surface area contributed by atoms with Crippen molar-refractivity contribution in [1.29, 1.82) is 0 Å². The molecule has 0 radical (unpaired) electrons. The molecule has 0 spiro atoms. The molecule has 3 rings (SSSR count). The van der Waals surface area contributed by atoms with Crippen molar-refractivity contribution in [3.63, 3.8) is 0 Å². The first-order valence-electron chi connectivity index (χ1n) is 6.47. The van der Waals surface area contributed by atoms with Gasteiger partial charge in [-0.3, -0.25) is 34.6 Å². The normalized spacial score (nSPS) is 23.8. The van der Waals surface area contributed by atoms with Crippen LogP contribution in [0.1, 0.15) is 33.6 Å². The van der Waals surface area contributed by atoms with E-state index in [0.717, 1.165) is 12.1 Å². The molecule has 10 heteroatoms. The second-order valence-electron chi connectivity index (χ2n) is 5.04. The third kappa shape index (κ3) is 1.91. The van der Waals surface area contributed by atoms with E-state index in [2.05, 4.69) is 0 Å². The number of amides is 4. The molecule has 1 saturated heterocycles. The molecule has 0 aliphatic carbocycles. The molecular formula is C13H8FN3O6. The standard InChI is InChI=1S/C13H8FN3O6/c14-13(5-4-8(18)15-12(13)21)16-10(19)6-2-1-3-7(17(22)23)9(6)11(16)20/h1-3H,4-5H2,(H,15,18,21). The number of halogens is 1. The molecule has 0 saturated carbocycles. The van der Waals surface area contributed by atoms with E-state index in [0.29, 0.717) is 0 Å². The summed E-state index contributed by atoms with van der Waals surface area (Å²) in [7, 11) is 0. The van der Waals surface area contributed by atoms with Gasteiger partial charge >= 0.3 is 0 Å². The quantitative estimate of drug-likeness (QED) is 0.361. The lowest BCUT2D eigenvalue weighted by molar-refractivity contribution is -0.385. The summed E-state index contributed by atoms with van der Waals surface area (Å²) in [5, 5.41) is 12.7. The van der Waals surface area contributed by atoms with Crippen molar-refractivity contribution in [3.05, 3.63) is 39.4 Å². The van der Waals surface area contributed by atoms with Gasteiger partial charge in [0.15, 0.2) is 0 Å². The van der Waals surface area contributed by atoms with Gasteiger partial charge in [-0.05, 0) is 6.07 Å². The van der Waals surface area contributed by atoms with Crippen molar-refractivity contribution < 1.29 is 28.5 Å². The highest BCUT2D eigenvalue weighted by Gasteiger charge is 2.57. The Kier molecular flexibility index (Phi) is 2.99. The number of imide groups is 2. The number of nitro benzene ring substituents is 1. The fraction of sp³-hybridized carbons (Fsp3) is 0.231. The molecule has 1 aromatic carbocycles. The van der Waals surface area contributed by atoms with E-state index in [1.54, 1.807) is 5.32 Å². The largest absolute Gasteiger partial charge is 0.292 e. The third-order valence-corrected chi connectivity index (χ3v) is 3.73. The Bertz CT molecular complexity index is 807. The predicted octanol–water partition coefficient (Wildman–Crippen LogP) is 0.293. The van der Waals surface area contributed by atoms with Crippen molar-refractivity contribution in [3.8, 4) is 0 Å². The van der Waals surface area contributed by atoms with E-state index in [9.17, 15) is 33.7 Å². The molecular weight excluding hydrogens is 313 g/mol. The first-order chi connectivity index (χ1) is 10.8. The van der Waals surface area contributed by atoms with E-state index in [1.807, 2.05) is 0 Å². The Balaban J connectivity index is 2.11. The van der Waals surface area contributed by atoms with Crippen LogP contribution in [-0.4, -0.2) is 39.2 Å². The smallest absolute Gasteiger partial charge is 0.285 e. The lowest BCUT2D eigenvalue weighted by Crippen LogP contribution is -2.61. The molecule has 4 amide bonds. The number of benzene rings is 1. The summed E-state index contributed by atoms with van der Waals surface area (Å²) in [5.74, 6) is -7.66. The number of nitrogens with one attached hydrogen (secondary N) is 1. The predicted molar refractivity (Wildman–Crippen MR) is 69.8 cm³/mol. The molecule has 1 unspecified atom stereocenters. The molecule has 1 fully saturated rings. The van der Waals surface area contributed by atoms with E-state index in [4.69, 9.17) is 0 Å². The summed E-state index contributed by atoms with van der Waals surface area (Å²) in [6.45, 7) is 0. The molecule has 2 heterocycles. The van der Waals surface area contributed by atoms with Gasteiger partial charge in [-0.25, -0.2) is 9.29 Å². The summed E-state index contributed by atoms with van der Waals surface area (Å²) >= 11 is 0. The lowest BCUT2D eigenvalue weighted by atomic mass is 10.0. The topological polar surface area (TPSA) is 127 Å². The van der Waals surface area contributed by atoms with Crippen LogP contribution in [0.3, 0.4) is 0 Å². The van der Waals surface area contributed by atoms with Gasteiger partial charge in [0.25, 0.3) is 29.2 Å². The Morgan fingerprint density at radius 3 is 2.52 bits per heavy atom.